The molecule has 1 aromatic heterocycles. The number of anilines is 2. The zero-order valence-corrected chi connectivity index (χ0v) is 15.2. The summed E-state index contributed by atoms with van der Waals surface area (Å²) in [7, 11) is 1.61. The number of ether oxygens (including phenoxy) is 2. The minimum Gasteiger partial charge on any atom is -0.497 e. The van der Waals surface area contributed by atoms with Gasteiger partial charge in [0.25, 0.3) is 5.91 Å². The summed E-state index contributed by atoms with van der Waals surface area (Å²) in [5.74, 6) is 1.39. The van der Waals surface area contributed by atoms with Gasteiger partial charge in [0.15, 0.2) is 5.82 Å². The van der Waals surface area contributed by atoms with Crippen LogP contribution in [-0.2, 0) is 0 Å². The van der Waals surface area contributed by atoms with Crippen LogP contribution in [0.5, 0.6) is 11.5 Å². The van der Waals surface area contributed by atoms with Crippen LogP contribution in [0.15, 0.2) is 60.7 Å². The molecule has 0 bridgehead atoms. The Balaban J connectivity index is 1.44. The molecule has 7 nitrogen and oxygen atoms in total. The van der Waals surface area contributed by atoms with Gasteiger partial charge in [0.05, 0.1) is 13.7 Å². The Labute approximate surface area is 161 Å². The number of hydrogen-bond donors (Lipinski definition) is 2. The van der Waals surface area contributed by atoms with E-state index in [0.29, 0.717) is 19.0 Å². The normalized spacial score (nSPS) is 10.2. The molecule has 3 rings (SSSR count). The van der Waals surface area contributed by atoms with E-state index in [-0.39, 0.29) is 11.4 Å². The first-order valence-electron chi connectivity index (χ1n) is 8.55. The summed E-state index contributed by atoms with van der Waals surface area (Å²) in [6.07, 6.45) is 0. The Morgan fingerprint density at radius 2 is 1.71 bits per heavy atom. The average molecular weight is 382 g/mol. The van der Waals surface area contributed by atoms with Crippen molar-refractivity contribution in [1.29, 1.82) is 0 Å². The zero-order valence-electron chi connectivity index (χ0n) is 15.2. The summed E-state index contributed by atoms with van der Waals surface area (Å²) in [4.78, 5) is 12.1. The molecule has 0 saturated heterocycles. The van der Waals surface area contributed by atoms with Gasteiger partial charge in [-0.25, -0.2) is 4.39 Å². The molecule has 0 aliphatic heterocycles. The van der Waals surface area contributed by atoms with E-state index >= 15 is 0 Å². The van der Waals surface area contributed by atoms with Gasteiger partial charge in [0, 0.05) is 5.56 Å². The quantitative estimate of drug-likeness (QED) is 0.581. The lowest BCUT2D eigenvalue weighted by atomic mass is 10.2. The van der Waals surface area contributed by atoms with Crippen molar-refractivity contribution in [1.82, 2.24) is 10.2 Å². The second kappa shape index (κ2) is 9.31. The maximum absolute atomic E-state index is 13.2. The van der Waals surface area contributed by atoms with Gasteiger partial charge in [-0.05, 0) is 54.6 Å². The fourth-order valence-electron chi connectivity index (χ4n) is 2.33. The second-order valence-corrected chi connectivity index (χ2v) is 5.72. The standard InChI is InChI=1S/C20H19FN4O3/c1-27-16-5-7-17(8-6-16)28-12-11-22-18-9-10-19(25-24-18)23-20(26)14-3-2-4-15(21)13-14/h2-10,13H,11-12H2,1H3,(H,22,24)(H,23,25,26). The lowest BCUT2D eigenvalue weighted by Crippen LogP contribution is -2.15. The molecule has 0 aliphatic carbocycles. The van der Waals surface area contributed by atoms with E-state index in [1.54, 1.807) is 19.2 Å². The van der Waals surface area contributed by atoms with Crippen LogP contribution in [0.3, 0.4) is 0 Å². The van der Waals surface area contributed by atoms with Gasteiger partial charge in [0.1, 0.15) is 29.7 Å². The highest BCUT2D eigenvalue weighted by molar-refractivity contribution is 6.03. The summed E-state index contributed by atoms with van der Waals surface area (Å²) in [5.41, 5.74) is 0.208. The lowest BCUT2D eigenvalue weighted by Gasteiger charge is -2.09. The first-order valence-corrected chi connectivity index (χ1v) is 8.55. The van der Waals surface area contributed by atoms with E-state index in [4.69, 9.17) is 9.47 Å². The number of nitrogens with zero attached hydrogens (tertiary/aromatic N) is 2. The zero-order chi connectivity index (χ0) is 19.8. The molecular formula is C20H19FN4O3. The van der Waals surface area contributed by atoms with Crippen LogP contribution >= 0.6 is 0 Å². The van der Waals surface area contributed by atoms with E-state index < -0.39 is 11.7 Å². The number of rotatable bonds is 8. The van der Waals surface area contributed by atoms with Crippen LogP contribution in [-0.4, -0.2) is 36.4 Å². The number of carbonyl (C=O) groups is 1. The lowest BCUT2D eigenvalue weighted by molar-refractivity contribution is 0.102. The topological polar surface area (TPSA) is 85.4 Å². The molecule has 2 N–H and O–H groups in total. The van der Waals surface area contributed by atoms with Crippen molar-refractivity contribution in [2.45, 2.75) is 0 Å². The van der Waals surface area contributed by atoms with Gasteiger partial charge in [-0.1, -0.05) is 6.07 Å². The number of amides is 1. The van der Waals surface area contributed by atoms with Crippen LogP contribution in [0.4, 0.5) is 16.0 Å². The van der Waals surface area contributed by atoms with Gasteiger partial charge in [-0.15, -0.1) is 10.2 Å². The molecule has 1 amide bonds. The van der Waals surface area contributed by atoms with Crippen LogP contribution in [0.25, 0.3) is 0 Å². The minimum atomic E-state index is -0.477. The Morgan fingerprint density at radius 1 is 1.00 bits per heavy atom. The van der Waals surface area contributed by atoms with E-state index in [1.165, 1.54) is 18.2 Å². The van der Waals surface area contributed by atoms with Crippen molar-refractivity contribution in [3.05, 3.63) is 72.0 Å². The van der Waals surface area contributed by atoms with Crippen molar-refractivity contribution in [2.24, 2.45) is 0 Å². The Kier molecular flexibility index (Phi) is 6.35. The maximum Gasteiger partial charge on any atom is 0.256 e. The largest absolute Gasteiger partial charge is 0.497 e. The predicted molar refractivity (Wildman–Crippen MR) is 103 cm³/mol. The summed E-state index contributed by atoms with van der Waals surface area (Å²) >= 11 is 0. The number of benzene rings is 2. The van der Waals surface area contributed by atoms with Gasteiger partial charge >= 0.3 is 0 Å². The van der Waals surface area contributed by atoms with Crippen molar-refractivity contribution in [3.63, 3.8) is 0 Å². The molecule has 2 aromatic carbocycles. The predicted octanol–water partition coefficient (Wildman–Crippen LogP) is 3.37. The molecule has 28 heavy (non-hydrogen) atoms. The highest BCUT2D eigenvalue weighted by Gasteiger charge is 2.08. The number of aromatic nitrogens is 2. The summed E-state index contributed by atoms with van der Waals surface area (Å²) in [6.45, 7) is 0.960. The van der Waals surface area contributed by atoms with Crippen molar-refractivity contribution in [3.8, 4) is 11.5 Å². The number of nitrogens with one attached hydrogen (secondary N) is 2. The number of carbonyl (C=O) groups excluding carboxylic acids is 1. The third-order valence-electron chi connectivity index (χ3n) is 3.73. The van der Waals surface area contributed by atoms with E-state index in [9.17, 15) is 9.18 Å². The summed E-state index contributed by atoms with van der Waals surface area (Å²) in [5, 5.41) is 13.6. The van der Waals surface area contributed by atoms with Gasteiger partial charge < -0.3 is 20.1 Å². The van der Waals surface area contributed by atoms with Gasteiger partial charge in [-0.2, -0.15) is 0 Å². The van der Waals surface area contributed by atoms with Crippen molar-refractivity contribution in [2.75, 3.05) is 30.9 Å². The van der Waals surface area contributed by atoms with Gasteiger partial charge in [-0.3, -0.25) is 4.79 Å². The molecule has 0 radical (unpaired) electrons. The number of methoxy groups -OCH3 is 1. The first-order chi connectivity index (χ1) is 13.6. The molecule has 0 fully saturated rings. The fourth-order valence-corrected chi connectivity index (χ4v) is 2.33. The van der Waals surface area contributed by atoms with Crippen LogP contribution in [0, 0.1) is 5.82 Å². The molecule has 3 aromatic rings. The van der Waals surface area contributed by atoms with E-state index in [2.05, 4.69) is 20.8 Å². The average Bonchev–Trinajstić information content (AvgIpc) is 2.73. The number of halogens is 1. The Bertz CT molecular complexity index is 917. The SMILES string of the molecule is COc1ccc(OCCNc2ccc(NC(=O)c3cccc(F)c3)nn2)cc1. The molecule has 144 valence electrons. The van der Waals surface area contributed by atoms with Crippen molar-refractivity contribution >= 4 is 17.5 Å². The Morgan fingerprint density at radius 3 is 2.39 bits per heavy atom. The van der Waals surface area contributed by atoms with Crippen LogP contribution < -0.4 is 20.1 Å². The molecule has 0 aliphatic rings. The monoisotopic (exact) mass is 382 g/mol. The van der Waals surface area contributed by atoms with E-state index in [0.717, 1.165) is 17.6 Å². The summed E-state index contributed by atoms with van der Waals surface area (Å²) < 4.78 is 23.9. The molecule has 8 heteroatoms. The third-order valence-corrected chi connectivity index (χ3v) is 3.73. The molecule has 0 unspecified atom stereocenters. The van der Waals surface area contributed by atoms with Crippen LogP contribution in [0.1, 0.15) is 10.4 Å². The maximum atomic E-state index is 13.2. The summed E-state index contributed by atoms with van der Waals surface area (Å²) in [6, 6.07) is 16.0. The molecule has 0 saturated carbocycles. The first kappa shape index (κ1) is 19.1. The highest BCUT2D eigenvalue weighted by Crippen LogP contribution is 2.17. The minimum absolute atomic E-state index is 0.208. The molecule has 1 heterocycles. The second-order valence-electron chi connectivity index (χ2n) is 5.72. The Hall–Kier alpha value is -3.68. The smallest absolute Gasteiger partial charge is 0.256 e. The third kappa shape index (κ3) is 5.41. The van der Waals surface area contributed by atoms with E-state index in [1.807, 2.05) is 24.3 Å². The van der Waals surface area contributed by atoms with Crippen molar-refractivity contribution < 1.29 is 18.7 Å². The molecular weight excluding hydrogens is 363 g/mol. The fraction of sp³-hybridized carbons (Fsp3) is 0.150. The molecule has 0 spiro atoms. The molecule has 0 atom stereocenters. The van der Waals surface area contributed by atoms with Crippen LogP contribution in [0.2, 0.25) is 0 Å². The highest BCUT2D eigenvalue weighted by atomic mass is 19.1. The number of hydrogen-bond acceptors (Lipinski definition) is 6. The van der Waals surface area contributed by atoms with Gasteiger partial charge in [0.2, 0.25) is 0 Å².